The van der Waals surface area contributed by atoms with Crippen molar-refractivity contribution in [1.29, 1.82) is 0 Å². The number of Topliss-reactive ketones (excluding diaryl/α,β-unsaturated/α-hetero) is 1. The second-order valence-electron chi connectivity index (χ2n) is 2.33. The lowest BCUT2D eigenvalue weighted by Gasteiger charge is -1.96. The molecule has 1 aromatic heterocycles. The van der Waals surface area contributed by atoms with Gasteiger partial charge in [-0.15, -0.1) is 17.8 Å². The molecule has 0 aromatic carbocycles. The zero-order chi connectivity index (χ0) is 9.68. The fraction of sp³-hybridized carbons (Fsp3) is 0.222. The summed E-state index contributed by atoms with van der Waals surface area (Å²) in [4.78, 5) is 12.0. The minimum atomic E-state index is 0.0205. The number of thiophene rings is 1. The first-order valence-electron chi connectivity index (χ1n) is 3.66. The van der Waals surface area contributed by atoms with Crippen molar-refractivity contribution in [2.75, 3.05) is 13.1 Å². The Morgan fingerprint density at radius 2 is 2.46 bits per heavy atom. The fourth-order valence-corrected chi connectivity index (χ4v) is 1.78. The Labute approximate surface area is 85.9 Å². The van der Waals surface area contributed by atoms with Crippen LogP contribution in [0.4, 0.5) is 0 Å². The molecular weight excluding hydrogens is 206 g/mol. The summed E-state index contributed by atoms with van der Waals surface area (Å²) in [6, 6.07) is 3.42. The zero-order valence-electron chi connectivity index (χ0n) is 6.84. The van der Waals surface area contributed by atoms with E-state index in [0.717, 1.165) is 0 Å². The molecule has 1 N–H and O–H groups in total. The number of hydrogen-bond acceptors (Lipinski definition) is 3. The lowest BCUT2D eigenvalue weighted by molar-refractivity contribution is 0.0996. The first-order valence-corrected chi connectivity index (χ1v) is 4.86. The standard InChI is InChI=1S/C9H8ClNOS/c1-2-5-11-6-7(12)8-3-4-9(10)13-8/h1,3-4,11H,5-6H2. The monoisotopic (exact) mass is 213 g/mol. The number of nitrogens with one attached hydrogen (secondary N) is 1. The second-order valence-corrected chi connectivity index (χ2v) is 4.05. The van der Waals surface area contributed by atoms with Crippen LogP contribution in [0.15, 0.2) is 12.1 Å². The van der Waals surface area contributed by atoms with Gasteiger partial charge >= 0.3 is 0 Å². The minimum absolute atomic E-state index is 0.0205. The van der Waals surface area contributed by atoms with Crippen LogP contribution in [0.25, 0.3) is 0 Å². The van der Waals surface area contributed by atoms with Gasteiger partial charge in [0, 0.05) is 0 Å². The molecule has 1 rings (SSSR count). The van der Waals surface area contributed by atoms with Gasteiger partial charge in [0.2, 0.25) is 0 Å². The van der Waals surface area contributed by atoms with Gasteiger partial charge in [0.25, 0.3) is 0 Å². The smallest absolute Gasteiger partial charge is 0.186 e. The molecule has 0 spiro atoms. The number of rotatable bonds is 4. The van der Waals surface area contributed by atoms with Gasteiger partial charge in [-0.2, -0.15) is 0 Å². The molecule has 2 nitrogen and oxygen atoms in total. The topological polar surface area (TPSA) is 29.1 Å². The molecule has 0 aliphatic rings. The molecule has 0 radical (unpaired) electrons. The van der Waals surface area contributed by atoms with Crippen molar-refractivity contribution in [2.24, 2.45) is 0 Å². The lowest BCUT2D eigenvalue weighted by atomic mass is 10.3. The molecule has 13 heavy (non-hydrogen) atoms. The van der Waals surface area contributed by atoms with Crippen LogP contribution in [0, 0.1) is 12.3 Å². The van der Waals surface area contributed by atoms with E-state index in [-0.39, 0.29) is 12.3 Å². The summed E-state index contributed by atoms with van der Waals surface area (Å²) in [5.41, 5.74) is 0. The number of terminal acetylenes is 1. The Bertz CT molecular complexity index is 340. The molecule has 0 fully saturated rings. The summed E-state index contributed by atoms with van der Waals surface area (Å²) < 4.78 is 0.625. The molecule has 0 bridgehead atoms. The number of halogens is 1. The molecule has 0 saturated heterocycles. The van der Waals surface area contributed by atoms with E-state index in [9.17, 15) is 4.79 Å². The average molecular weight is 214 g/mol. The molecule has 1 aromatic rings. The maximum Gasteiger partial charge on any atom is 0.186 e. The highest BCUT2D eigenvalue weighted by Gasteiger charge is 2.07. The molecule has 0 saturated carbocycles. The van der Waals surface area contributed by atoms with Crippen LogP contribution in [-0.4, -0.2) is 18.9 Å². The summed E-state index contributed by atoms with van der Waals surface area (Å²) in [5, 5.41) is 2.82. The van der Waals surface area contributed by atoms with Crippen molar-refractivity contribution >= 4 is 28.7 Å². The van der Waals surface area contributed by atoms with Crippen LogP contribution in [0.5, 0.6) is 0 Å². The number of carbonyl (C=O) groups is 1. The molecule has 0 unspecified atom stereocenters. The van der Waals surface area contributed by atoms with E-state index in [0.29, 0.717) is 15.8 Å². The largest absolute Gasteiger partial charge is 0.299 e. The molecule has 4 heteroatoms. The third-order valence-corrected chi connectivity index (χ3v) is 2.63. The van der Waals surface area contributed by atoms with Gasteiger partial charge in [-0.25, -0.2) is 0 Å². The Kier molecular flexibility index (Phi) is 3.97. The van der Waals surface area contributed by atoms with Gasteiger partial charge in [-0.3, -0.25) is 10.1 Å². The van der Waals surface area contributed by atoms with Gasteiger partial charge in [-0.1, -0.05) is 17.5 Å². The summed E-state index contributed by atoms with van der Waals surface area (Å²) in [6.07, 6.45) is 5.02. The molecule has 0 aliphatic carbocycles. The molecule has 0 aliphatic heterocycles. The summed E-state index contributed by atoms with van der Waals surface area (Å²) in [5.74, 6) is 2.41. The van der Waals surface area contributed by atoms with Crippen molar-refractivity contribution in [1.82, 2.24) is 5.32 Å². The third-order valence-electron chi connectivity index (χ3n) is 1.36. The third kappa shape index (κ3) is 3.19. The molecule has 1 heterocycles. The fourth-order valence-electron chi connectivity index (χ4n) is 0.799. The molecular formula is C9H8ClNOS. The van der Waals surface area contributed by atoms with Crippen molar-refractivity contribution < 1.29 is 4.79 Å². The number of ketones is 1. The van der Waals surface area contributed by atoms with Crippen molar-refractivity contribution in [3.8, 4) is 12.3 Å². The van der Waals surface area contributed by atoms with Gasteiger partial charge in [0.05, 0.1) is 22.3 Å². The van der Waals surface area contributed by atoms with Crippen LogP contribution in [0.1, 0.15) is 9.67 Å². The van der Waals surface area contributed by atoms with Crippen LogP contribution in [0.2, 0.25) is 4.34 Å². The first kappa shape index (κ1) is 10.3. The van der Waals surface area contributed by atoms with E-state index >= 15 is 0 Å². The lowest BCUT2D eigenvalue weighted by Crippen LogP contribution is -2.22. The average Bonchev–Trinajstić information content (AvgIpc) is 2.52. The Morgan fingerprint density at radius 3 is 3.00 bits per heavy atom. The van der Waals surface area contributed by atoms with Crippen molar-refractivity contribution in [2.45, 2.75) is 0 Å². The van der Waals surface area contributed by atoms with Gasteiger partial charge in [0.15, 0.2) is 5.78 Å². The Balaban J connectivity index is 2.45. The number of hydrogen-bond donors (Lipinski definition) is 1. The van der Waals surface area contributed by atoms with Gasteiger partial charge in [-0.05, 0) is 12.1 Å². The molecule has 0 amide bonds. The maximum absolute atomic E-state index is 11.4. The summed E-state index contributed by atoms with van der Waals surface area (Å²) >= 11 is 6.96. The SMILES string of the molecule is C#CCNCC(=O)c1ccc(Cl)s1. The van der Waals surface area contributed by atoms with E-state index in [1.807, 2.05) is 0 Å². The highest BCUT2D eigenvalue weighted by molar-refractivity contribution is 7.18. The van der Waals surface area contributed by atoms with E-state index in [4.69, 9.17) is 18.0 Å². The predicted molar refractivity (Wildman–Crippen MR) is 55.4 cm³/mol. The highest BCUT2D eigenvalue weighted by atomic mass is 35.5. The zero-order valence-corrected chi connectivity index (χ0v) is 8.41. The van der Waals surface area contributed by atoms with Crippen LogP contribution < -0.4 is 5.32 Å². The second kappa shape index (κ2) is 5.03. The van der Waals surface area contributed by atoms with Crippen molar-refractivity contribution in [3.63, 3.8) is 0 Å². The van der Waals surface area contributed by atoms with Crippen molar-refractivity contribution in [3.05, 3.63) is 21.3 Å². The Hall–Kier alpha value is -0.820. The minimum Gasteiger partial charge on any atom is -0.299 e. The first-order chi connectivity index (χ1) is 6.24. The maximum atomic E-state index is 11.4. The van der Waals surface area contributed by atoms with E-state index in [1.54, 1.807) is 12.1 Å². The number of carbonyl (C=O) groups excluding carboxylic acids is 1. The van der Waals surface area contributed by atoms with E-state index in [2.05, 4.69) is 11.2 Å². The summed E-state index contributed by atoms with van der Waals surface area (Å²) in [6.45, 7) is 0.673. The highest BCUT2D eigenvalue weighted by Crippen LogP contribution is 2.21. The quantitative estimate of drug-likeness (QED) is 0.470. The summed E-state index contributed by atoms with van der Waals surface area (Å²) in [7, 11) is 0. The predicted octanol–water partition coefficient (Wildman–Crippen LogP) is 1.81. The van der Waals surface area contributed by atoms with E-state index < -0.39 is 0 Å². The Morgan fingerprint density at radius 1 is 1.69 bits per heavy atom. The van der Waals surface area contributed by atoms with E-state index in [1.165, 1.54) is 11.3 Å². The van der Waals surface area contributed by atoms with Crippen LogP contribution in [0.3, 0.4) is 0 Å². The van der Waals surface area contributed by atoms with Gasteiger partial charge in [0.1, 0.15) is 0 Å². The normalized spacial score (nSPS) is 9.54. The van der Waals surface area contributed by atoms with Crippen LogP contribution in [-0.2, 0) is 0 Å². The van der Waals surface area contributed by atoms with Gasteiger partial charge < -0.3 is 0 Å². The molecule has 0 atom stereocenters. The molecule has 68 valence electrons. The van der Waals surface area contributed by atoms with Crippen LogP contribution >= 0.6 is 22.9 Å².